The molecule has 1 aromatic carbocycles. The smallest absolute Gasteiger partial charge is 0.0636 e. The second-order valence-electron chi connectivity index (χ2n) is 6.91. The summed E-state index contributed by atoms with van der Waals surface area (Å²) in [4.78, 5) is 2.49. The quantitative estimate of drug-likeness (QED) is 0.881. The van der Waals surface area contributed by atoms with Gasteiger partial charge in [0.1, 0.15) is 0 Å². The predicted molar refractivity (Wildman–Crippen MR) is 79.5 cm³/mol. The molecule has 0 spiro atoms. The van der Waals surface area contributed by atoms with Crippen LogP contribution in [-0.4, -0.2) is 24.3 Å². The zero-order valence-corrected chi connectivity index (χ0v) is 12.1. The van der Waals surface area contributed by atoms with Crippen molar-refractivity contribution in [3.8, 4) is 0 Å². The van der Waals surface area contributed by atoms with Gasteiger partial charge in [0, 0.05) is 24.7 Å². The van der Waals surface area contributed by atoms with E-state index in [1.54, 1.807) is 0 Å². The molecule has 3 rings (SSSR count). The van der Waals surface area contributed by atoms with E-state index in [1.807, 2.05) is 0 Å². The van der Waals surface area contributed by atoms with E-state index in [9.17, 15) is 5.11 Å². The number of hydrogen-bond acceptors (Lipinski definition) is 2. The normalized spacial score (nSPS) is 29.3. The number of aryl methyl sites for hydroxylation is 1. The van der Waals surface area contributed by atoms with Gasteiger partial charge in [-0.3, -0.25) is 0 Å². The fraction of sp³-hybridized carbons (Fsp3) is 0.647. The van der Waals surface area contributed by atoms with Crippen molar-refractivity contribution in [2.24, 2.45) is 11.3 Å². The summed E-state index contributed by atoms with van der Waals surface area (Å²) in [6.07, 6.45) is 4.59. The Morgan fingerprint density at radius 2 is 2.11 bits per heavy atom. The Bertz CT molecular complexity index is 454. The second kappa shape index (κ2) is 4.82. The van der Waals surface area contributed by atoms with Crippen molar-refractivity contribution in [3.63, 3.8) is 0 Å². The molecule has 2 aliphatic rings. The van der Waals surface area contributed by atoms with E-state index in [1.165, 1.54) is 24.1 Å². The van der Waals surface area contributed by atoms with Crippen LogP contribution in [0.25, 0.3) is 0 Å². The minimum Gasteiger partial charge on any atom is -0.392 e. The molecule has 1 fully saturated rings. The monoisotopic (exact) mass is 259 g/mol. The van der Waals surface area contributed by atoms with Gasteiger partial charge in [0.15, 0.2) is 0 Å². The molecule has 1 aliphatic heterocycles. The number of para-hydroxylation sites is 1. The van der Waals surface area contributed by atoms with Gasteiger partial charge in [0.25, 0.3) is 0 Å². The van der Waals surface area contributed by atoms with Crippen LogP contribution in [-0.2, 0) is 6.42 Å². The van der Waals surface area contributed by atoms with E-state index in [2.05, 4.69) is 43.0 Å². The van der Waals surface area contributed by atoms with Gasteiger partial charge in [0.2, 0.25) is 0 Å². The molecule has 0 radical (unpaired) electrons. The molecule has 1 heterocycles. The Kier molecular flexibility index (Phi) is 3.30. The lowest BCUT2D eigenvalue weighted by molar-refractivity contribution is 0.0480. The molecule has 1 saturated carbocycles. The number of hydrogen-bond donors (Lipinski definition) is 1. The minimum atomic E-state index is -0.151. The summed E-state index contributed by atoms with van der Waals surface area (Å²) in [6, 6.07) is 8.75. The molecular weight excluding hydrogens is 234 g/mol. The lowest BCUT2D eigenvalue weighted by atomic mass is 9.87. The molecule has 104 valence electrons. The molecule has 2 unspecified atom stereocenters. The number of anilines is 1. The highest BCUT2D eigenvalue weighted by Crippen LogP contribution is 2.42. The number of rotatable bonds is 2. The van der Waals surface area contributed by atoms with Gasteiger partial charge in [-0.1, -0.05) is 32.0 Å². The van der Waals surface area contributed by atoms with E-state index in [-0.39, 0.29) is 11.5 Å². The van der Waals surface area contributed by atoms with Crippen molar-refractivity contribution >= 4 is 5.69 Å². The van der Waals surface area contributed by atoms with Crippen molar-refractivity contribution in [2.45, 2.75) is 45.6 Å². The Labute approximate surface area is 116 Å². The van der Waals surface area contributed by atoms with Crippen molar-refractivity contribution < 1.29 is 5.11 Å². The summed E-state index contributed by atoms with van der Waals surface area (Å²) in [5, 5.41) is 10.5. The largest absolute Gasteiger partial charge is 0.392 e. The molecule has 1 aromatic rings. The Balaban J connectivity index is 1.75. The third-order valence-corrected chi connectivity index (χ3v) is 5.07. The van der Waals surface area contributed by atoms with Crippen molar-refractivity contribution in [2.75, 3.05) is 18.0 Å². The molecule has 0 amide bonds. The van der Waals surface area contributed by atoms with E-state index >= 15 is 0 Å². The zero-order chi connectivity index (χ0) is 13.5. The average Bonchev–Trinajstić information content (AvgIpc) is 2.66. The maximum absolute atomic E-state index is 10.5. The van der Waals surface area contributed by atoms with Crippen molar-refractivity contribution in [1.82, 2.24) is 0 Å². The molecule has 19 heavy (non-hydrogen) atoms. The zero-order valence-electron chi connectivity index (χ0n) is 12.1. The van der Waals surface area contributed by atoms with Gasteiger partial charge in [0.05, 0.1) is 6.10 Å². The van der Waals surface area contributed by atoms with Crippen LogP contribution in [0.15, 0.2) is 24.3 Å². The van der Waals surface area contributed by atoms with Gasteiger partial charge in [-0.25, -0.2) is 0 Å². The van der Waals surface area contributed by atoms with Gasteiger partial charge in [-0.2, -0.15) is 0 Å². The number of nitrogens with zero attached hydrogens (tertiary/aromatic N) is 1. The Morgan fingerprint density at radius 3 is 2.84 bits per heavy atom. The molecule has 2 atom stereocenters. The maximum Gasteiger partial charge on any atom is 0.0636 e. The number of benzene rings is 1. The van der Waals surface area contributed by atoms with E-state index < -0.39 is 0 Å². The molecule has 2 nitrogen and oxygen atoms in total. The second-order valence-corrected chi connectivity index (χ2v) is 6.91. The fourth-order valence-electron chi connectivity index (χ4n) is 3.78. The topological polar surface area (TPSA) is 23.5 Å². The Morgan fingerprint density at radius 1 is 1.32 bits per heavy atom. The van der Waals surface area contributed by atoms with Crippen LogP contribution in [0.1, 0.15) is 38.7 Å². The summed E-state index contributed by atoms with van der Waals surface area (Å²) < 4.78 is 0. The van der Waals surface area contributed by atoms with Crippen LogP contribution in [0.3, 0.4) is 0 Å². The Hall–Kier alpha value is -1.02. The summed E-state index contributed by atoms with van der Waals surface area (Å²) in [6.45, 7) is 6.55. The fourth-order valence-corrected chi connectivity index (χ4v) is 3.78. The van der Waals surface area contributed by atoms with E-state index in [0.29, 0.717) is 5.92 Å². The molecular formula is C17H25NO. The standard InChI is InChI=1S/C17H25NO/c1-17(2)10-9-14(16(17)19)12-18-11-5-7-13-6-3-4-8-15(13)18/h3-4,6,8,14,16,19H,5,7,9-12H2,1-2H3. The first kappa shape index (κ1) is 13.0. The van der Waals surface area contributed by atoms with Crippen LogP contribution >= 0.6 is 0 Å². The van der Waals surface area contributed by atoms with Crippen LogP contribution in [0.4, 0.5) is 5.69 Å². The van der Waals surface area contributed by atoms with Crippen LogP contribution in [0.2, 0.25) is 0 Å². The lowest BCUT2D eigenvalue weighted by Crippen LogP contribution is -2.38. The SMILES string of the molecule is CC1(C)CCC(CN2CCCc3ccccc32)C1O. The van der Waals surface area contributed by atoms with Gasteiger partial charge in [-0.15, -0.1) is 0 Å². The first-order valence-corrected chi connectivity index (χ1v) is 7.59. The van der Waals surface area contributed by atoms with Crippen molar-refractivity contribution in [1.29, 1.82) is 0 Å². The summed E-state index contributed by atoms with van der Waals surface area (Å²) in [5.74, 6) is 0.432. The third kappa shape index (κ3) is 2.38. The van der Waals surface area contributed by atoms with Gasteiger partial charge < -0.3 is 10.0 Å². The first-order valence-electron chi connectivity index (χ1n) is 7.59. The number of aliphatic hydroxyl groups excluding tert-OH is 1. The molecule has 0 saturated heterocycles. The van der Waals surface area contributed by atoms with E-state index in [4.69, 9.17) is 0 Å². The summed E-state index contributed by atoms with van der Waals surface area (Å²) >= 11 is 0. The highest BCUT2D eigenvalue weighted by molar-refractivity contribution is 5.55. The van der Waals surface area contributed by atoms with E-state index in [0.717, 1.165) is 25.9 Å². The average molecular weight is 259 g/mol. The minimum absolute atomic E-state index is 0.0972. The van der Waals surface area contributed by atoms with Crippen LogP contribution in [0, 0.1) is 11.3 Å². The summed E-state index contributed by atoms with van der Waals surface area (Å²) in [7, 11) is 0. The number of aliphatic hydroxyl groups is 1. The molecule has 1 N–H and O–H groups in total. The highest BCUT2D eigenvalue weighted by Gasteiger charge is 2.41. The summed E-state index contributed by atoms with van der Waals surface area (Å²) in [5.41, 5.74) is 2.96. The van der Waals surface area contributed by atoms with Crippen LogP contribution < -0.4 is 4.90 Å². The van der Waals surface area contributed by atoms with Crippen LogP contribution in [0.5, 0.6) is 0 Å². The molecule has 0 bridgehead atoms. The lowest BCUT2D eigenvalue weighted by Gasteiger charge is -2.35. The molecule has 2 heteroatoms. The predicted octanol–water partition coefficient (Wildman–Crippen LogP) is 3.24. The molecule has 0 aromatic heterocycles. The van der Waals surface area contributed by atoms with Gasteiger partial charge in [-0.05, 0) is 42.7 Å². The van der Waals surface area contributed by atoms with Gasteiger partial charge >= 0.3 is 0 Å². The first-order chi connectivity index (χ1) is 9.08. The number of fused-ring (bicyclic) bond motifs is 1. The maximum atomic E-state index is 10.5. The third-order valence-electron chi connectivity index (χ3n) is 5.07. The highest BCUT2D eigenvalue weighted by atomic mass is 16.3. The molecule has 1 aliphatic carbocycles. The van der Waals surface area contributed by atoms with Crippen molar-refractivity contribution in [3.05, 3.63) is 29.8 Å².